The van der Waals surface area contributed by atoms with Gasteiger partial charge in [0.1, 0.15) is 12.1 Å². The minimum Gasteiger partial charge on any atom is -0.383 e. The number of aromatic nitrogens is 4. The predicted molar refractivity (Wildman–Crippen MR) is 74.2 cm³/mol. The summed E-state index contributed by atoms with van der Waals surface area (Å²) in [7, 11) is -3.21. The maximum atomic E-state index is 11.4. The van der Waals surface area contributed by atoms with Crippen LogP contribution in [0.5, 0.6) is 0 Å². The number of hydrogen-bond acceptors (Lipinski definition) is 6. The van der Waals surface area contributed by atoms with Crippen LogP contribution in [0.3, 0.4) is 0 Å². The molecule has 102 valence electrons. The quantitative estimate of drug-likeness (QED) is 0.748. The van der Waals surface area contributed by atoms with Crippen LogP contribution in [0.1, 0.15) is 0 Å². The second-order valence-corrected chi connectivity index (χ2v) is 6.33. The third-order valence-electron chi connectivity index (χ3n) is 2.91. The molecule has 0 spiro atoms. The van der Waals surface area contributed by atoms with Crippen LogP contribution in [0.25, 0.3) is 16.7 Å². The lowest BCUT2D eigenvalue weighted by molar-refractivity contribution is 0.602. The molecule has 0 aliphatic heterocycles. The lowest BCUT2D eigenvalue weighted by Gasteiger charge is -2.04. The number of sulfone groups is 1. The number of nitrogen functional groups attached to an aromatic ring is 1. The van der Waals surface area contributed by atoms with Crippen LogP contribution in [0.15, 0.2) is 41.7 Å². The second kappa shape index (κ2) is 4.27. The van der Waals surface area contributed by atoms with Gasteiger partial charge in [0.25, 0.3) is 0 Å². The minimum absolute atomic E-state index is 0.256. The summed E-state index contributed by atoms with van der Waals surface area (Å²) < 4.78 is 24.4. The van der Waals surface area contributed by atoms with E-state index in [9.17, 15) is 8.42 Å². The summed E-state index contributed by atoms with van der Waals surface area (Å²) in [6.07, 6.45) is 4.11. The molecule has 0 aliphatic rings. The summed E-state index contributed by atoms with van der Waals surface area (Å²) in [6, 6.07) is 6.40. The van der Waals surface area contributed by atoms with Crippen molar-refractivity contribution in [2.24, 2.45) is 0 Å². The first-order valence-corrected chi connectivity index (χ1v) is 7.60. The van der Waals surface area contributed by atoms with E-state index in [0.29, 0.717) is 22.5 Å². The summed E-state index contributed by atoms with van der Waals surface area (Å²) in [6.45, 7) is 0. The Bertz CT molecular complexity index is 884. The van der Waals surface area contributed by atoms with Crippen molar-refractivity contribution in [3.63, 3.8) is 0 Å². The molecule has 0 amide bonds. The van der Waals surface area contributed by atoms with Crippen LogP contribution >= 0.6 is 0 Å². The van der Waals surface area contributed by atoms with Crippen molar-refractivity contribution in [2.45, 2.75) is 4.90 Å². The summed E-state index contributed by atoms with van der Waals surface area (Å²) in [5.74, 6) is 0.356. The SMILES string of the molecule is CS(=O)(=O)c1ccc(-n2ncc3c(N)ncnc32)cc1. The number of nitrogens with zero attached hydrogens (tertiary/aromatic N) is 4. The molecule has 0 saturated heterocycles. The number of benzene rings is 1. The lowest BCUT2D eigenvalue weighted by atomic mass is 10.3. The zero-order valence-electron chi connectivity index (χ0n) is 10.6. The van der Waals surface area contributed by atoms with Crippen molar-refractivity contribution in [3.05, 3.63) is 36.8 Å². The van der Waals surface area contributed by atoms with Gasteiger partial charge in [-0.3, -0.25) is 0 Å². The predicted octanol–water partition coefficient (Wildman–Crippen LogP) is 0.801. The molecule has 0 atom stereocenters. The van der Waals surface area contributed by atoms with Gasteiger partial charge in [0.05, 0.1) is 22.2 Å². The first-order chi connectivity index (χ1) is 9.47. The van der Waals surface area contributed by atoms with Crippen LogP contribution in [-0.2, 0) is 9.84 Å². The molecular weight excluding hydrogens is 278 g/mol. The molecule has 7 nitrogen and oxygen atoms in total. The van der Waals surface area contributed by atoms with Gasteiger partial charge < -0.3 is 5.73 Å². The smallest absolute Gasteiger partial charge is 0.175 e. The molecule has 2 aromatic heterocycles. The number of anilines is 1. The number of fused-ring (bicyclic) bond motifs is 1. The summed E-state index contributed by atoms with van der Waals surface area (Å²) >= 11 is 0. The van der Waals surface area contributed by atoms with Gasteiger partial charge >= 0.3 is 0 Å². The van der Waals surface area contributed by atoms with Crippen LogP contribution in [-0.4, -0.2) is 34.4 Å². The minimum atomic E-state index is -3.21. The van der Waals surface area contributed by atoms with E-state index >= 15 is 0 Å². The summed E-state index contributed by atoms with van der Waals surface area (Å²) in [4.78, 5) is 8.29. The Labute approximate surface area is 115 Å². The Balaban J connectivity index is 2.14. The molecule has 0 unspecified atom stereocenters. The molecule has 2 heterocycles. The van der Waals surface area contributed by atoms with Crippen molar-refractivity contribution in [2.75, 3.05) is 12.0 Å². The van der Waals surface area contributed by atoms with Crippen molar-refractivity contribution >= 4 is 26.7 Å². The molecular formula is C12H11N5O2S. The first kappa shape index (κ1) is 12.5. The van der Waals surface area contributed by atoms with Gasteiger partial charge in [-0.05, 0) is 24.3 Å². The Kier molecular flexibility index (Phi) is 2.68. The average Bonchev–Trinajstić information content (AvgIpc) is 2.83. The normalized spacial score (nSPS) is 11.8. The molecule has 2 N–H and O–H groups in total. The average molecular weight is 289 g/mol. The summed E-state index contributed by atoms with van der Waals surface area (Å²) in [5.41, 5.74) is 7.02. The maximum Gasteiger partial charge on any atom is 0.175 e. The molecule has 20 heavy (non-hydrogen) atoms. The molecule has 0 saturated carbocycles. The van der Waals surface area contributed by atoms with Gasteiger partial charge in [-0.1, -0.05) is 0 Å². The fourth-order valence-corrected chi connectivity index (χ4v) is 2.52. The number of rotatable bonds is 2. The van der Waals surface area contributed by atoms with Crippen LogP contribution in [0.2, 0.25) is 0 Å². The lowest BCUT2D eigenvalue weighted by Crippen LogP contribution is -2.01. The Hall–Kier alpha value is -2.48. The van der Waals surface area contributed by atoms with E-state index in [2.05, 4.69) is 15.1 Å². The monoisotopic (exact) mass is 289 g/mol. The summed E-state index contributed by atoms with van der Waals surface area (Å²) in [5, 5.41) is 4.86. The standard InChI is InChI=1S/C12H11N5O2S/c1-20(18,19)9-4-2-8(3-5-9)17-12-10(6-16-17)11(13)14-7-15-12/h2-7H,1H3,(H2,13,14,15). The van der Waals surface area contributed by atoms with Crippen LogP contribution in [0, 0.1) is 0 Å². The largest absolute Gasteiger partial charge is 0.383 e. The van der Waals surface area contributed by atoms with E-state index < -0.39 is 9.84 Å². The van der Waals surface area contributed by atoms with Gasteiger partial charge in [-0.15, -0.1) is 0 Å². The highest BCUT2D eigenvalue weighted by Crippen LogP contribution is 2.20. The first-order valence-electron chi connectivity index (χ1n) is 5.71. The van der Waals surface area contributed by atoms with E-state index in [1.807, 2.05) is 0 Å². The Morgan fingerprint density at radius 2 is 1.85 bits per heavy atom. The van der Waals surface area contributed by atoms with E-state index in [1.165, 1.54) is 24.7 Å². The zero-order chi connectivity index (χ0) is 14.3. The molecule has 0 fully saturated rings. The fourth-order valence-electron chi connectivity index (χ4n) is 1.89. The van der Waals surface area contributed by atoms with Crippen LogP contribution in [0.4, 0.5) is 5.82 Å². The third kappa shape index (κ3) is 1.99. The molecule has 8 heteroatoms. The van der Waals surface area contributed by atoms with E-state index in [0.717, 1.165) is 0 Å². The maximum absolute atomic E-state index is 11.4. The number of hydrogen-bond donors (Lipinski definition) is 1. The molecule has 0 bridgehead atoms. The number of nitrogens with two attached hydrogens (primary N) is 1. The Morgan fingerprint density at radius 1 is 1.15 bits per heavy atom. The van der Waals surface area contributed by atoms with Gasteiger partial charge in [0.2, 0.25) is 0 Å². The molecule has 3 aromatic rings. The van der Waals surface area contributed by atoms with Crippen molar-refractivity contribution < 1.29 is 8.42 Å². The van der Waals surface area contributed by atoms with Crippen molar-refractivity contribution in [1.82, 2.24) is 19.7 Å². The van der Waals surface area contributed by atoms with E-state index in [-0.39, 0.29) is 4.90 Å². The second-order valence-electron chi connectivity index (χ2n) is 4.32. The van der Waals surface area contributed by atoms with Crippen LogP contribution < -0.4 is 5.73 Å². The fraction of sp³-hybridized carbons (Fsp3) is 0.0833. The van der Waals surface area contributed by atoms with Crippen molar-refractivity contribution in [3.8, 4) is 5.69 Å². The molecule has 1 aromatic carbocycles. The highest BCUT2D eigenvalue weighted by molar-refractivity contribution is 7.90. The van der Waals surface area contributed by atoms with Gasteiger partial charge in [0.15, 0.2) is 15.5 Å². The molecule has 0 radical (unpaired) electrons. The highest BCUT2D eigenvalue weighted by atomic mass is 32.2. The van der Waals surface area contributed by atoms with E-state index in [1.54, 1.807) is 23.0 Å². The van der Waals surface area contributed by atoms with Gasteiger partial charge in [-0.2, -0.15) is 5.10 Å². The third-order valence-corrected chi connectivity index (χ3v) is 4.03. The topological polar surface area (TPSA) is 104 Å². The molecule has 0 aliphatic carbocycles. The Morgan fingerprint density at radius 3 is 2.50 bits per heavy atom. The molecule has 3 rings (SSSR count). The van der Waals surface area contributed by atoms with Gasteiger partial charge in [-0.25, -0.2) is 23.1 Å². The van der Waals surface area contributed by atoms with Crippen molar-refractivity contribution in [1.29, 1.82) is 0 Å². The zero-order valence-corrected chi connectivity index (χ0v) is 11.4. The van der Waals surface area contributed by atoms with Gasteiger partial charge in [0, 0.05) is 6.26 Å². The highest BCUT2D eigenvalue weighted by Gasteiger charge is 2.11. The van der Waals surface area contributed by atoms with E-state index in [4.69, 9.17) is 5.73 Å².